The molecule has 0 fully saturated rings. The molecule has 1 aromatic carbocycles. The van der Waals surface area contributed by atoms with E-state index in [1.165, 1.54) is 0 Å². The number of hydrogen-bond acceptors (Lipinski definition) is 1. The first-order chi connectivity index (χ1) is 6.02. The van der Waals surface area contributed by atoms with Crippen LogP contribution in [0.25, 0.3) is 0 Å². The molecular weight excluding hydrogens is 182 g/mol. The largest absolute Gasteiger partial charge is 0.321 e. The first-order valence-corrected chi connectivity index (χ1v) is 4.57. The molecular formula is C11H14ClN. The first kappa shape index (κ1) is 10.3. The maximum Gasteiger partial charge on any atom is 0.0505 e. The Kier molecular flexibility index (Phi) is 3.12. The summed E-state index contributed by atoms with van der Waals surface area (Å²) in [6.07, 6.45) is 0. The highest BCUT2D eigenvalue weighted by molar-refractivity contribution is 6.31. The predicted octanol–water partition coefficient (Wildman–Crippen LogP) is 3.22. The van der Waals surface area contributed by atoms with Gasteiger partial charge in [0.15, 0.2) is 0 Å². The second kappa shape index (κ2) is 3.95. The lowest BCUT2D eigenvalue weighted by molar-refractivity contribution is 0.849. The monoisotopic (exact) mass is 195 g/mol. The molecule has 0 bridgehead atoms. The van der Waals surface area contributed by atoms with Crippen LogP contribution in [0.2, 0.25) is 5.02 Å². The highest BCUT2D eigenvalue weighted by Crippen LogP contribution is 2.22. The number of benzene rings is 1. The molecule has 0 aliphatic rings. The number of nitrogens with two attached hydrogens (primary N) is 1. The zero-order chi connectivity index (χ0) is 10.0. The lowest BCUT2D eigenvalue weighted by Crippen LogP contribution is -2.10. The van der Waals surface area contributed by atoms with E-state index in [4.69, 9.17) is 17.3 Å². The predicted molar refractivity (Wildman–Crippen MR) is 57.9 cm³/mol. The van der Waals surface area contributed by atoms with Crippen molar-refractivity contribution in [1.82, 2.24) is 0 Å². The van der Waals surface area contributed by atoms with E-state index in [1.54, 1.807) is 0 Å². The van der Waals surface area contributed by atoms with Crippen molar-refractivity contribution in [2.45, 2.75) is 19.9 Å². The molecule has 70 valence electrons. The molecule has 0 aliphatic heterocycles. The van der Waals surface area contributed by atoms with Crippen molar-refractivity contribution in [2.24, 2.45) is 5.73 Å². The van der Waals surface area contributed by atoms with Gasteiger partial charge in [-0.3, -0.25) is 0 Å². The Bertz CT molecular complexity index is 331. The molecule has 2 N–H and O–H groups in total. The van der Waals surface area contributed by atoms with Crippen molar-refractivity contribution >= 4 is 11.6 Å². The second-order valence-electron chi connectivity index (χ2n) is 3.33. The van der Waals surface area contributed by atoms with E-state index in [1.807, 2.05) is 32.0 Å². The summed E-state index contributed by atoms with van der Waals surface area (Å²) in [5.41, 5.74) is 8.99. The minimum Gasteiger partial charge on any atom is -0.321 e. The standard InChI is InChI=1S/C11H14ClN/c1-7(2)11(13)9-4-5-10(12)8(3)6-9/h4-6,11H,1,13H2,2-3H3. The Labute approximate surface area is 84.2 Å². The highest BCUT2D eigenvalue weighted by atomic mass is 35.5. The normalized spacial score (nSPS) is 12.6. The summed E-state index contributed by atoms with van der Waals surface area (Å²) in [6.45, 7) is 7.72. The zero-order valence-electron chi connectivity index (χ0n) is 7.97. The van der Waals surface area contributed by atoms with Gasteiger partial charge < -0.3 is 5.73 Å². The summed E-state index contributed by atoms with van der Waals surface area (Å²) in [7, 11) is 0. The van der Waals surface area contributed by atoms with Crippen molar-refractivity contribution in [1.29, 1.82) is 0 Å². The third-order valence-electron chi connectivity index (χ3n) is 2.07. The van der Waals surface area contributed by atoms with Crippen LogP contribution in [0.1, 0.15) is 24.1 Å². The minimum atomic E-state index is -0.0871. The third kappa shape index (κ3) is 2.33. The number of aryl methyl sites for hydroxylation is 1. The van der Waals surface area contributed by atoms with Gasteiger partial charge in [-0.2, -0.15) is 0 Å². The van der Waals surface area contributed by atoms with Crippen LogP contribution in [0.5, 0.6) is 0 Å². The number of rotatable bonds is 2. The molecule has 1 nitrogen and oxygen atoms in total. The fourth-order valence-corrected chi connectivity index (χ4v) is 1.26. The van der Waals surface area contributed by atoms with Gasteiger partial charge in [0.05, 0.1) is 6.04 Å². The fourth-order valence-electron chi connectivity index (χ4n) is 1.15. The van der Waals surface area contributed by atoms with Crippen molar-refractivity contribution in [3.63, 3.8) is 0 Å². The zero-order valence-corrected chi connectivity index (χ0v) is 8.73. The van der Waals surface area contributed by atoms with E-state index >= 15 is 0 Å². The Morgan fingerprint density at radius 2 is 2.15 bits per heavy atom. The highest BCUT2D eigenvalue weighted by Gasteiger charge is 2.06. The topological polar surface area (TPSA) is 26.0 Å². The molecule has 1 atom stereocenters. The van der Waals surface area contributed by atoms with E-state index in [0.29, 0.717) is 0 Å². The van der Waals surface area contributed by atoms with Crippen molar-refractivity contribution in [3.8, 4) is 0 Å². The summed E-state index contributed by atoms with van der Waals surface area (Å²) in [6, 6.07) is 5.72. The molecule has 13 heavy (non-hydrogen) atoms. The van der Waals surface area contributed by atoms with Gasteiger partial charge in [0.2, 0.25) is 0 Å². The molecule has 0 aliphatic carbocycles. The van der Waals surface area contributed by atoms with Crippen LogP contribution in [0.4, 0.5) is 0 Å². The van der Waals surface area contributed by atoms with E-state index in [9.17, 15) is 0 Å². The van der Waals surface area contributed by atoms with E-state index in [0.717, 1.165) is 21.7 Å². The van der Waals surface area contributed by atoms with Gasteiger partial charge in [0.1, 0.15) is 0 Å². The minimum absolute atomic E-state index is 0.0871. The summed E-state index contributed by atoms with van der Waals surface area (Å²) in [5, 5.41) is 0.776. The van der Waals surface area contributed by atoms with Crippen LogP contribution in [-0.2, 0) is 0 Å². The maximum atomic E-state index is 5.91. The smallest absolute Gasteiger partial charge is 0.0505 e. The van der Waals surface area contributed by atoms with Gasteiger partial charge in [-0.25, -0.2) is 0 Å². The van der Waals surface area contributed by atoms with Crippen LogP contribution in [0.3, 0.4) is 0 Å². The maximum absolute atomic E-state index is 5.91. The SMILES string of the molecule is C=C(C)C(N)c1ccc(Cl)c(C)c1. The van der Waals surface area contributed by atoms with E-state index < -0.39 is 0 Å². The van der Waals surface area contributed by atoms with Gasteiger partial charge in [-0.05, 0) is 31.0 Å². The Morgan fingerprint density at radius 3 is 2.62 bits per heavy atom. The number of halogens is 1. The summed E-state index contributed by atoms with van der Waals surface area (Å²) in [5.74, 6) is 0. The van der Waals surface area contributed by atoms with Crippen LogP contribution in [0, 0.1) is 6.92 Å². The van der Waals surface area contributed by atoms with Crippen molar-refractivity contribution < 1.29 is 0 Å². The summed E-state index contributed by atoms with van der Waals surface area (Å²) >= 11 is 5.90. The Hall–Kier alpha value is -0.790. The average molecular weight is 196 g/mol. The van der Waals surface area contributed by atoms with Crippen LogP contribution in [-0.4, -0.2) is 0 Å². The van der Waals surface area contributed by atoms with Gasteiger partial charge in [-0.1, -0.05) is 35.9 Å². The van der Waals surface area contributed by atoms with Crippen LogP contribution < -0.4 is 5.73 Å². The molecule has 0 radical (unpaired) electrons. The fraction of sp³-hybridized carbons (Fsp3) is 0.273. The van der Waals surface area contributed by atoms with Crippen LogP contribution >= 0.6 is 11.6 Å². The second-order valence-corrected chi connectivity index (χ2v) is 3.74. The van der Waals surface area contributed by atoms with Gasteiger partial charge in [0, 0.05) is 5.02 Å². The van der Waals surface area contributed by atoms with Crippen LogP contribution in [0.15, 0.2) is 30.4 Å². The average Bonchev–Trinajstić information content (AvgIpc) is 2.08. The Balaban J connectivity index is 3.03. The molecule has 0 saturated heterocycles. The van der Waals surface area contributed by atoms with Gasteiger partial charge >= 0.3 is 0 Å². The first-order valence-electron chi connectivity index (χ1n) is 4.19. The molecule has 1 rings (SSSR count). The molecule has 0 heterocycles. The van der Waals surface area contributed by atoms with Crippen molar-refractivity contribution in [3.05, 3.63) is 46.5 Å². The number of hydrogen-bond donors (Lipinski definition) is 1. The molecule has 0 amide bonds. The van der Waals surface area contributed by atoms with Gasteiger partial charge in [0.25, 0.3) is 0 Å². The Morgan fingerprint density at radius 1 is 1.54 bits per heavy atom. The third-order valence-corrected chi connectivity index (χ3v) is 2.50. The van der Waals surface area contributed by atoms with Crippen molar-refractivity contribution in [2.75, 3.05) is 0 Å². The molecule has 2 heteroatoms. The quantitative estimate of drug-likeness (QED) is 0.721. The van der Waals surface area contributed by atoms with E-state index in [-0.39, 0.29) is 6.04 Å². The summed E-state index contributed by atoms with van der Waals surface area (Å²) < 4.78 is 0. The molecule has 1 unspecified atom stereocenters. The summed E-state index contributed by atoms with van der Waals surface area (Å²) in [4.78, 5) is 0. The van der Waals surface area contributed by atoms with E-state index in [2.05, 4.69) is 6.58 Å². The molecule has 0 spiro atoms. The van der Waals surface area contributed by atoms with Gasteiger partial charge in [-0.15, -0.1) is 0 Å². The lowest BCUT2D eigenvalue weighted by atomic mass is 10.0. The lowest BCUT2D eigenvalue weighted by Gasteiger charge is -2.12. The molecule has 1 aromatic rings. The molecule has 0 saturated carbocycles. The molecule has 0 aromatic heterocycles.